The zero-order valence-electron chi connectivity index (χ0n) is 25.0. The number of hydrogen-bond donors (Lipinski definition) is 4. The van der Waals surface area contributed by atoms with Crippen LogP contribution in [0.25, 0.3) is 11.3 Å². The topological polar surface area (TPSA) is 148 Å². The Balaban J connectivity index is 1.22. The van der Waals surface area contributed by atoms with E-state index < -0.39 is 0 Å². The number of anilines is 5. The molecule has 4 aromatic rings. The SMILES string of the molecule is Cc1c(NC(=O)c2cc3c(s2)CCCC3)cccc1-c1cn(C)c(=O)c(Nc2ccc(N3CCC(C(N)=O)CC3)c(N)c2)n1. The Morgan fingerprint density at radius 3 is 2.57 bits per heavy atom. The lowest BCUT2D eigenvalue weighted by atomic mass is 9.96. The van der Waals surface area contributed by atoms with Crippen molar-refractivity contribution in [2.45, 2.75) is 45.4 Å². The molecule has 0 atom stereocenters. The highest BCUT2D eigenvalue weighted by Gasteiger charge is 2.24. The highest BCUT2D eigenvalue weighted by molar-refractivity contribution is 7.14. The largest absolute Gasteiger partial charge is 0.397 e. The lowest BCUT2D eigenvalue weighted by Gasteiger charge is -2.33. The predicted molar refractivity (Wildman–Crippen MR) is 177 cm³/mol. The van der Waals surface area contributed by atoms with E-state index in [2.05, 4.69) is 15.5 Å². The highest BCUT2D eigenvalue weighted by atomic mass is 32.1. The molecule has 0 saturated carbocycles. The van der Waals surface area contributed by atoms with Crippen molar-refractivity contribution in [1.29, 1.82) is 0 Å². The second-order valence-electron chi connectivity index (χ2n) is 11.7. The molecule has 6 rings (SSSR count). The van der Waals surface area contributed by atoms with Crippen molar-refractivity contribution in [2.75, 3.05) is 34.4 Å². The molecule has 0 bridgehead atoms. The molecule has 2 aromatic heterocycles. The predicted octanol–water partition coefficient (Wildman–Crippen LogP) is 4.98. The highest BCUT2D eigenvalue weighted by Crippen LogP contribution is 2.33. The van der Waals surface area contributed by atoms with Gasteiger partial charge in [-0.25, -0.2) is 4.98 Å². The number of aromatic nitrogens is 2. The third-order valence-corrected chi connectivity index (χ3v) is 9.91. The summed E-state index contributed by atoms with van der Waals surface area (Å²) >= 11 is 1.59. The molecular weight excluding hydrogens is 574 g/mol. The number of piperidine rings is 1. The monoisotopic (exact) mass is 611 g/mol. The first-order chi connectivity index (χ1) is 21.2. The van der Waals surface area contributed by atoms with Crippen molar-refractivity contribution in [2.24, 2.45) is 18.7 Å². The Morgan fingerprint density at radius 1 is 1.07 bits per heavy atom. The van der Waals surface area contributed by atoms with E-state index in [1.165, 1.54) is 27.8 Å². The molecule has 2 aliphatic rings. The first-order valence-corrected chi connectivity index (χ1v) is 15.8. The summed E-state index contributed by atoms with van der Waals surface area (Å²) in [6.07, 6.45) is 7.52. The standard InChI is InChI=1S/C33H37N7O3S/c1-19-23(7-5-8-25(19)38-32(42)29-16-21-6-3-4-9-28(21)44-29)26-18-39(2)33(43)31(37-26)36-22-10-11-27(24(34)17-22)40-14-12-20(13-15-40)30(35)41/h5,7-8,10-11,16-18,20H,3-4,6,9,12-15,34H2,1-2H3,(H2,35,41)(H,36,37)(H,38,42). The number of benzene rings is 2. The number of amides is 2. The minimum absolute atomic E-state index is 0.102. The molecule has 2 aromatic carbocycles. The van der Waals surface area contributed by atoms with E-state index in [1.807, 2.05) is 43.3 Å². The van der Waals surface area contributed by atoms with Gasteiger partial charge in [-0.2, -0.15) is 0 Å². The van der Waals surface area contributed by atoms with E-state index in [-0.39, 0.29) is 29.1 Å². The number of nitrogens with zero attached hydrogens (tertiary/aromatic N) is 3. The van der Waals surface area contributed by atoms with Crippen LogP contribution in [0.2, 0.25) is 0 Å². The summed E-state index contributed by atoms with van der Waals surface area (Å²) in [6.45, 7) is 3.34. The zero-order chi connectivity index (χ0) is 31.0. The maximum atomic E-state index is 13.2. The number of nitrogen functional groups attached to an aromatic ring is 1. The Morgan fingerprint density at radius 2 is 1.84 bits per heavy atom. The van der Waals surface area contributed by atoms with Crippen LogP contribution in [-0.2, 0) is 24.7 Å². The fraction of sp³-hybridized carbons (Fsp3) is 0.333. The second kappa shape index (κ2) is 12.2. The van der Waals surface area contributed by atoms with Crippen LogP contribution in [0.5, 0.6) is 0 Å². The molecule has 10 nitrogen and oxygen atoms in total. The molecule has 2 amide bonds. The second-order valence-corrected chi connectivity index (χ2v) is 12.8. The van der Waals surface area contributed by atoms with E-state index >= 15 is 0 Å². The van der Waals surface area contributed by atoms with Crippen molar-refractivity contribution in [3.63, 3.8) is 0 Å². The molecule has 1 fully saturated rings. The van der Waals surface area contributed by atoms with Crippen LogP contribution in [0, 0.1) is 12.8 Å². The van der Waals surface area contributed by atoms with Crippen LogP contribution in [-0.4, -0.2) is 34.5 Å². The number of nitrogens with two attached hydrogens (primary N) is 2. The summed E-state index contributed by atoms with van der Waals surface area (Å²) in [5.41, 5.74) is 18.0. The average molecular weight is 612 g/mol. The van der Waals surface area contributed by atoms with E-state index in [1.54, 1.807) is 30.6 Å². The summed E-state index contributed by atoms with van der Waals surface area (Å²) in [7, 11) is 1.69. The molecule has 1 aliphatic heterocycles. The fourth-order valence-electron chi connectivity index (χ4n) is 6.11. The Hall–Kier alpha value is -4.64. The van der Waals surface area contributed by atoms with E-state index in [4.69, 9.17) is 16.5 Å². The number of thiophene rings is 1. The van der Waals surface area contributed by atoms with Gasteiger partial charge in [-0.1, -0.05) is 12.1 Å². The molecule has 0 radical (unpaired) electrons. The fourth-order valence-corrected chi connectivity index (χ4v) is 7.26. The van der Waals surface area contributed by atoms with Gasteiger partial charge in [0.05, 0.1) is 21.9 Å². The number of hydrogen-bond acceptors (Lipinski definition) is 8. The van der Waals surface area contributed by atoms with Gasteiger partial charge in [0.2, 0.25) is 5.91 Å². The van der Waals surface area contributed by atoms with Crippen molar-refractivity contribution in [3.05, 3.63) is 79.9 Å². The van der Waals surface area contributed by atoms with Gasteiger partial charge >= 0.3 is 0 Å². The van der Waals surface area contributed by atoms with Gasteiger partial charge in [-0.15, -0.1) is 11.3 Å². The van der Waals surface area contributed by atoms with Crippen molar-refractivity contribution >= 4 is 51.7 Å². The maximum Gasteiger partial charge on any atom is 0.293 e. The number of rotatable bonds is 7. The van der Waals surface area contributed by atoms with Crippen molar-refractivity contribution in [1.82, 2.24) is 9.55 Å². The minimum atomic E-state index is -0.284. The van der Waals surface area contributed by atoms with Crippen LogP contribution in [0.1, 0.15) is 51.4 Å². The lowest BCUT2D eigenvalue weighted by molar-refractivity contribution is -0.122. The number of primary amides is 1. The smallest absolute Gasteiger partial charge is 0.293 e. The molecule has 1 aliphatic carbocycles. The van der Waals surface area contributed by atoms with Crippen LogP contribution < -0.4 is 32.6 Å². The first kappa shape index (κ1) is 29.4. The normalized spacial score (nSPS) is 15.1. The molecular formula is C33H37N7O3S. The summed E-state index contributed by atoms with van der Waals surface area (Å²) < 4.78 is 1.49. The molecule has 228 valence electrons. The number of carbonyl (C=O) groups excluding carboxylic acids is 2. The van der Waals surface area contributed by atoms with E-state index in [0.717, 1.165) is 34.5 Å². The van der Waals surface area contributed by atoms with Crippen LogP contribution >= 0.6 is 11.3 Å². The molecule has 0 unspecified atom stereocenters. The van der Waals surface area contributed by atoms with Gasteiger partial charge in [-0.3, -0.25) is 14.4 Å². The Kier molecular flexibility index (Phi) is 8.13. The summed E-state index contributed by atoms with van der Waals surface area (Å²) in [5.74, 6) is -0.303. The molecule has 6 N–H and O–H groups in total. The van der Waals surface area contributed by atoms with Gasteiger partial charge < -0.3 is 31.6 Å². The quantitative estimate of drug-likeness (QED) is 0.216. The van der Waals surface area contributed by atoms with Gasteiger partial charge in [0.25, 0.3) is 11.5 Å². The van der Waals surface area contributed by atoms with Crippen LogP contribution in [0.4, 0.5) is 28.6 Å². The summed E-state index contributed by atoms with van der Waals surface area (Å²) in [4.78, 5) is 46.7. The van der Waals surface area contributed by atoms with Crippen molar-refractivity contribution in [3.8, 4) is 11.3 Å². The van der Waals surface area contributed by atoms with E-state index in [0.29, 0.717) is 48.7 Å². The van der Waals surface area contributed by atoms with Gasteiger partial charge in [0, 0.05) is 54.1 Å². The van der Waals surface area contributed by atoms with Gasteiger partial charge in [0.1, 0.15) is 0 Å². The summed E-state index contributed by atoms with van der Waals surface area (Å²) in [6, 6.07) is 13.3. The van der Waals surface area contributed by atoms with Crippen LogP contribution in [0.3, 0.4) is 0 Å². The Bertz CT molecular complexity index is 1780. The molecule has 0 spiro atoms. The number of fused-ring (bicyclic) bond motifs is 1. The third kappa shape index (κ3) is 5.92. The number of aryl methyl sites for hydroxylation is 3. The average Bonchev–Trinajstić information content (AvgIpc) is 3.45. The summed E-state index contributed by atoms with van der Waals surface area (Å²) in [5, 5.41) is 6.25. The molecule has 44 heavy (non-hydrogen) atoms. The maximum absolute atomic E-state index is 13.2. The van der Waals surface area contributed by atoms with Crippen LogP contribution in [0.15, 0.2) is 53.5 Å². The van der Waals surface area contributed by atoms with Gasteiger partial charge in [0.15, 0.2) is 5.82 Å². The zero-order valence-corrected chi connectivity index (χ0v) is 25.8. The third-order valence-electron chi connectivity index (χ3n) is 8.68. The molecule has 1 saturated heterocycles. The Labute approximate surface area is 260 Å². The minimum Gasteiger partial charge on any atom is -0.397 e. The van der Waals surface area contributed by atoms with Crippen molar-refractivity contribution < 1.29 is 9.59 Å². The van der Waals surface area contributed by atoms with E-state index in [9.17, 15) is 14.4 Å². The molecule has 11 heteroatoms. The number of carbonyl (C=O) groups is 2. The molecule has 3 heterocycles. The number of nitrogens with one attached hydrogen (secondary N) is 2. The van der Waals surface area contributed by atoms with Gasteiger partial charge in [-0.05, 0) is 86.9 Å². The lowest BCUT2D eigenvalue weighted by Crippen LogP contribution is -2.38. The first-order valence-electron chi connectivity index (χ1n) is 15.0.